The number of amides is 1. The van der Waals surface area contributed by atoms with Crippen molar-refractivity contribution in [1.29, 1.82) is 0 Å². The summed E-state index contributed by atoms with van der Waals surface area (Å²) in [6, 6.07) is -0.778. The third kappa shape index (κ3) is 43.8. The van der Waals surface area contributed by atoms with E-state index in [-0.39, 0.29) is 19.1 Å². The van der Waals surface area contributed by atoms with Gasteiger partial charge in [-0.15, -0.1) is 0 Å². The number of phosphoric ester groups is 1. The summed E-state index contributed by atoms with van der Waals surface area (Å²) >= 11 is 0. The Morgan fingerprint density at radius 1 is 0.593 bits per heavy atom. The molecule has 0 aliphatic rings. The van der Waals surface area contributed by atoms with Crippen LogP contribution in [0.2, 0.25) is 0 Å². The fraction of sp³-hybridized carbons (Fsp3) is 0.740. The maximum atomic E-state index is 12.9. The van der Waals surface area contributed by atoms with Crippen molar-refractivity contribution >= 4 is 13.7 Å². The Labute approximate surface area is 364 Å². The van der Waals surface area contributed by atoms with Crippen LogP contribution in [-0.4, -0.2) is 73.4 Å². The zero-order valence-electron chi connectivity index (χ0n) is 38.7. The predicted octanol–water partition coefficient (Wildman–Crippen LogP) is 13.6. The van der Waals surface area contributed by atoms with Gasteiger partial charge in [-0.1, -0.05) is 189 Å². The van der Waals surface area contributed by atoms with Gasteiger partial charge in [-0.25, -0.2) is 4.57 Å². The monoisotopic (exact) mass is 848 g/mol. The molecule has 0 rings (SSSR count). The molecule has 0 saturated carbocycles. The maximum absolute atomic E-state index is 12.9. The first-order valence-corrected chi connectivity index (χ1v) is 25.3. The fourth-order valence-corrected chi connectivity index (χ4v) is 7.20. The van der Waals surface area contributed by atoms with E-state index in [9.17, 15) is 19.4 Å². The fourth-order valence-electron chi connectivity index (χ4n) is 6.46. The molecule has 0 aromatic rings. The molecule has 0 bridgehead atoms. The van der Waals surface area contributed by atoms with Gasteiger partial charge in [0.2, 0.25) is 5.91 Å². The SMILES string of the molecule is CC/C=C\C/C=C\C/C=C\C/C=C\C/C=C\C/C=C\CCCCCCC(=O)NC(COP(=O)(O)OCC[N+](C)(C)C)C(O)CCCCCCCCCCCCCCCC. The molecule has 0 fully saturated rings. The van der Waals surface area contributed by atoms with Gasteiger partial charge in [0.25, 0.3) is 0 Å². The smallest absolute Gasteiger partial charge is 0.391 e. The van der Waals surface area contributed by atoms with E-state index < -0.39 is 20.0 Å². The van der Waals surface area contributed by atoms with Crippen molar-refractivity contribution in [3.63, 3.8) is 0 Å². The van der Waals surface area contributed by atoms with Crippen LogP contribution >= 0.6 is 7.82 Å². The Morgan fingerprint density at radius 3 is 1.49 bits per heavy atom. The molecule has 9 heteroatoms. The van der Waals surface area contributed by atoms with Crippen LogP contribution in [0.25, 0.3) is 0 Å². The van der Waals surface area contributed by atoms with E-state index in [0.29, 0.717) is 23.9 Å². The van der Waals surface area contributed by atoms with Gasteiger partial charge in [0, 0.05) is 6.42 Å². The lowest BCUT2D eigenvalue weighted by Crippen LogP contribution is -2.46. The molecule has 0 saturated heterocycles. The van der Waals surface area contributed by atoms with Crippen LogP contribution in [-0.2, 0) is 18.4 Å². The number of unbranched alkanes of at least 4 members (excludes halogenated alkanes) is 17. The van der Waals surface area contributed by atoms with Gasteiger partial charge >= 0.3 is 7.82 Å². The highest BCUT2D eigenvalue weighted by Gasteiger charge is 2.28. The molecule has 8 nitrogen and oxygen atoms in total. The Balaban J connectivity index is 4.38. The van der Waals surface area contributed by atoms with Crippen molar-refractivity contribution in [1.82, 2.24) is 5.32 Å². The molecular weight excluding hydrogens is 756 g/mol. The lowest BCUT2D eigenvalue weighted by Gasteiger charge is -2.26. The molecule has 0 aliphatic heterocycles. The third-order valence-electron chi connectivity index (χ3n) is 10.2. The predicted molar refractivity (Wildman–Crippen MR) is 253 cm³/mol. The Bertz CT molecular complexity index is 1190. The zero-order chi connectivity index (χ0) is 43.6. The van der Waals surface area contributed by atoms with Crippen LogP contribution in [0, 0.1) is 0 Å². The van der Waals surface area contributed by atoms with E-state index >= 15 is 0 Å². The molecule has 0 aromatic carbocycles. The lowest BCUT2D eigenvalue weighted by molar-refractivity contribution is -0.870. The molecular formula is C50H92N2O6P+. The first kappa shape index (κ1) is 56.9. The topological polar surface area (TPSA) is 105 Å². The molecule has 59 heavy (non-hydrogen) atoms. The third-order valence-corrected chi connectivity index (χ3v) is 11.2. The molecule has 3 atom stereocenters. The molecule has 342 valence electrons. The molecule has 0 aromatic heterocycles. The van der Waals surface area contributed by atoms with Crippen molar-refractivity contribution in [2.75, 3.05) is 40.9 Å². The standard InChI is InChI=1S/C50H91N2O6P/c1-6-8-10-12-14-16-18-20-22-23-24-25-26-27-28-29-30-32-34-36-38-40-42-44-50(54)51-48(47-58-59(55,56)57-46-45-52(3,4)5)49(53)43-41-39-37-35-33-31-21-19-17-15-13-11-9-7-2/h8,10,14,16,20,22,24-25,27-28,30,32,48-49,53H,6-7,9,11-13,15,17-19,21,23,26,29,31,33-47H2,1-5H3,(H-,51,54,55,56)/p+1/b10-8-,16-14-,22-20-,25-24-,28-27-,32-30-. The molecule has 0 spiro atoms. The number of aliphatic hydroxyl groups excluding tert-OH is 1. The summed E-state index contributed by atoms with van der Waals surface area (Å²) in [5, 5.41) is 14.0. The Morgan fingerprint density at radius 2 is 1.02 bits per heavy atom. The van der Waals surface area contributed by atoms with Gasteiger partial charge in [-0.2, -0.15) is 0 Å². The Hall–Kier alpha value is -2.06. The van der Waals surface area contributed by atoms with Gasteiger partial charge in [-0.05, 0) is 64.2 Å². The summed E-state index contributed by atoms with van der Waals surface area (Å²) in [7, 11) is 1.59. The summed E-state index contributed by atoms with van der Waals surface area (Å²) in [5.41, 5.74) is 0. The average molecular weight is 848 g/mol. The highest BCUT2D eigenvalue weighted by Crippen LogP contribution is 2.43. The van der Waals surface area contributed by atoms with Crippen LogP contribution in [0.5, 0.6) is 0 Å². The van der Waals surface area contributed by atoms with Crippen LogP contribution in [0.3, 0.4) is 0 Å². The molecule has 0 radical (unpaired) electrons. The average Bonchev–Trinajstić information content (AvgIpc) is 3.19. The van der Waals surface area contributed by atoms with Crippen molar-refractivity contribution < 1.29 is 32.9 Å². The summed E-state index contributed by atoms with van der Waals surface area (Å²) in [6.07, 6.45) is 55.0. The van der Waals surface area contributed by atoms with Crippen LogP contribution in [0.1, 0.15) is 187 Å². The van der Waals surface area contributed by atoms with Gasteiger partial charge in [0.15, 0.2) is 0 Å². The van der Waals surface area contributed by atoms with Crippen LogP contribution < -0.4 is 5.32 Å². The van der Waals surface area contributed by atoms with Crippen LogP contribution in [0.15, 0.2) is 72.9 Å². The number of nitrogens with one attached hydrogen (secondary N) is 1. The minimum absolute atomic E-state index is 0.0655. The maximum Gasteiger partial charge on any atom is 0.472 e. The van der Waals surface area contributed by atoms with Gasteiger partial charge in [-0.3, -0.25) is 13.8 Å². The first-order valence-electron chi connectivity index (χ1n) is 23.8. The minimum Gasteiger partial charge on any atom is -0.391 e. The van der Waals surface area contributed by atoms with Gasteiger partial charge < -0.3 is 19.8 Å². The number of quaternary nitrogens is 1. The summed E-state index contributed by atoms with van der Waals surface area (Å²) < 4.78 is 23.6. The molecule has 0 heterocycles. The summed E-state index contributed by atoms with van der Waals surface area (Å²) in [4.78, 5) is 23.2. The highest BCUT2D eigenvalue weighted by atomic mass is 31.2. The highest BCUT2D eigenvalue weighted by molar-refractivity contribution is 7.47. The number of rotatable bonds is 42. The zero-order valence-corrected chi connectivity index (χ0v) is 39.6. The second-order valence-electron chi connectivity index (χ2n) is 17.1. The second kappa shape index (κ2) is 41.3. The number of phosphoric acid groups is 1. The number of hydrogen-bond acceptors (Lipinski definition) is 5. The molecule has 3 N–H and O–H groups in total. The second-order valence-corrected chi connectivity index (χ2v) is 18.6. The number of carbonyl (C=O) groups excluding carboxylic acids is 1. The van der Waals surface area contributed by atoms with Crippen molar-refractivity contribution in [3.8, 4) is 0 Å². The van der Waals surface area contributed by atoms with Gasteiger partial charge in [0.1, 0.15) is 13.2 Å². The Kier molecular flexibility index (Phi) is 39.9. The minimum atomic E-state index is -4.33. The van der Waals surface area contributed by atoms with Crippen molar-refractivity contribution in [3.05, 3.63) is 72.9 Å². The molecule has 1 amide bonds. The normalized spacial score (nSPS) is 14.9. The van der Waals surface area contributed by atoms with E-state index in [2.05, 4.69) is 92.1 Å². The van der Waals surface area contributed by atoms with Crippen molar-refractivity contribution in [2.45, 2.75) is 199 Å². The van der Waals surface area contributed by atoms with E-state index in [1.165, 1.54) is 70.6 Å². The number of carbonyl (C=O) groups is 1. The van der Waals surface area contributed by atoms with E-state index in [4.69, 9.17) is 9.05 Å². The number of allylic oxidation sites excluding steroid dienone is 12. The first-order chi connectivity index (χ1) is 28.5. The van der Waals surface area contributed by atoms with Crippen molar-refractivity contribution in [2.24, 2.45) is 0 Å². The molecule has 0 aliphatic carbocycles. The number of likely N-dealkylation sites (N-methyl/N-ethyl adjacent to an activating group) is 1. The van der Waals surface area contributed by atoms with E-state index in [1.54, 1.807) is 0 Å². The molecule has 3 unspecified atom stereocenters. The van der Waals surface area contributed by atoms with E-state index in [1.807, 2.05) is 21.1 Å². The van der Waals surface area contributed by atoms with Crippen LogP contribution in [0.4, 0.5) is 0 Å². The number of nitrogens with zero attached hydrogens (tertiary/aromatic N) is 1. The lowest BCUT2D eigenvalue weighted by atomic mass is 10.0. The summed E-state index contributed by atoms with van der Waals surface area (Å²) in [6.45, 7) is 4.74. The number of aliphatic hydroxyl groups is 1. The summed E-state index contributed by atoms with van der Waals surface area (Å²) in [5.74, 6) is -0.172. The quantitative estimate of drug-likeness (QED) is 0.0245. The largest absolute Gasteiger partial charge is 0.472 e. The van der Waals surface area contributed by atoms with Gasteiger partial charge in [0.05, 0.1) is 39.9 Å². The number of hydrogen-bond donors (Lipinski definition) is 3. The van der Waals surface area contributed by atoms with E-state index in [0.717, 1.165) is 89.9 Å².